The van der Waals surface area contributed by atoms with Gasteiger partial charge < -0.3 is 37.2 Å². The van der Waals surface area contributed by atoms with Crippen molar-refractivity contribution in [2.45, 2.75) is 192 Å². The van der Waals surface area contributed by atoms with Crippen LogP contribution in [0.2, 0.25) is 123 Å². The van der Waals surface area contributed by atoms with Gasteiger partial charge in [0.25, 0.3) is 0 Å². The van der Waals surface area contributed by atoms with Crippen LogP contribution in [0.15, 0.2) is 38.8 Å². The average Bonchev–Trinajstić information content (AvgIpc) is 3.12. The van der Waals surface area contributed by atoms with Crippen LogP contribution in [0.4, 0.5) is 0 Å². The Morgan fingerprint density at radius 1 is 0.355 bits per heavy atom. The predicted octanol–water partition coefficient (Wildman–Crippen LogP) is 1.22. The van der Waals surface area contributed by atoms with Crippen molar-refractivity contribution >= 4 is 103 Å². The van der Waals surface area contributed by atoms with Crippen LogP contribution in [0, 0.1) is 41.5 Å². The Morgan fingerprint density at radius 3 is 0.726 bits per heavy atom. The van der Waals surface area contributed by atoms with Crippen molar-refractivity contribution in [3.05, 3.63) is 72.2 Å². The van der Waals surface area contributed by atoms with Crippen LogP contribution in [0.1, 0.15) is 61.1 Å². The smallest absolute Gasteiger partial charge is 1.00 e. The van der Waals surface area contributed by atoms with Gasteiger partial charge in [-0.05, 0) is 0 Å². The van der Waals surface area contributed by atoms with E-state index in [-0.39, 0.29) is 42.3 Å². The summed E-state index contributed by atoms with van der Waals surface area (Å²) in [5.41, 5.74) is 14.3. The van der Waals surface area contributed by atoms with Gasteiger partial charge in [-0.25, -0.2) is 0 Å². The van der Waals surface area contributed by atoms with E-state index in [1.54, 1.807) is 89.5 Å². The number of benzene rings is 3. The molecule has 62 heavy (non-hydrogen) atoms. The zero-order chi connectivity index (χ0) is 46.1. The normalized spacial score (nSPS) is 17.0. The molecule has 0 bridgehead atoms. The molecule has 0 spiro atoms. The Hall–Kier alpha value is 0.242. The molecule has 1 unspecified atom stereocenters. The van der Waals surface area contributed by atoms with E-state index in [1.807, 2.05) is 0 Å². The molecule has 1 aliphatic carbocycles. The number of rotatable bonds is 10. The summed E-state index contributed by atoms with van der Waals surface area (Å²) in [5, 5.41) is 15.6. The van der Waals surface area contributed by atoms with E-state index in [9.17, 15) is 0 Å². The Kier molecular flexibility index (Phi) is 18.4. The Bertz CT molecular complexity index is 2060. The Morgan fingerprint density at radius 2 is 0.565 bits per heavy atom. The zero-order valence-corrected chi connectivity index (χ0v) is 55.7. The van der Waals surface area contributed by atoms with Crippen LogP contribution < -0.4 is 83.9 Å². The van der Waals surface area contributed by atoms with Crippen LogP contribution in [0.3, 0.4) is 0 Å². The van der Waals surface area contributed by atoms with Crippen molar-refractivity contribution in [2.75, 3.05) is 0 Å². The van der Waals surface area contributed by atoms with Gasteiger partial charge in [-0.3, -0.25) is 0 Å². The molecule has 0 radical (unpaired) electrons. The van der Waals surface area contributed by atoms with E-state index in [0.29, 0.717) is 0 Å². The minimum Gasteiger partial charge on any atom is -1.00 e. The van der Waals surface area contributed by atoms with Gasteiger partial charge in [0, 0.05) is 0 Å². The number of allylic oxidation sites excluding steroid dienone is 4. The molecular weight excluding hydrogens is 963 g/mol. The van der Waals surface area contributed by atoms with Gasteiger partial charge in [0.15, 0.2) is 0 Å². The van der Waals surface area contributed by atoms with Crippen molar-refractivity contribution in [3.8, 4) is 0 Å². The number of aryl methyl sites for hydroxylation is 3. The van der Waals surface area contributed by atoms with E-state index in [4.69, 9.17) is 0 Å². The monoisotopic (exact) mass is 1050 g/mol. The fourth-order valence-electron chi connectivity index (χ4n) is 13.3. The van der Waals surface area contributed by atoms with Crippen molar-refractivity contribution in [1.82, 2.24) is 0 Å². The van der Waals surface area contributed by atoms with Gasteiger partial charge in [-0.1, -0.05) is 0 Å². The van der Waals surface area contributed by atoms with Crippen LogP contribution in [-0.2, 0) is 20.4 Å². The molecule has 344 valence electrons. The maximum absolute atomic E-state index is 3.19. The first-order valence-electron chi connectivity index (χ1n) is 22.7. The van der Waals surface area contributed by atoms with E-state index in [2.05, 4.69) is 226 Å². The van der Waals surface area contributed by atoms with Gasteiger partial charge in [0.05, 0.1) is 0 Å². The summed E-state index contributed by atoms with van der Waals surface area (Å²) in [6.07, 6.45) is 0. The molecule has 4 rings (SSSR count). The van der Waals surface area contributed by atoms with E-state index in [0.717, 1.165) is 0 Å². The maximum atomic E-state index is 2.89. The molecule has 0 saturated heterocycles. The first-order chi connectivity index (χ1) is 26.1. The third-order valence-corrected chi connectivity index (χ3v) is 36.0. The van der Waals surface area contributed by atoms with Gasteiger partial charge in [0.1, 0.15) is 0 Å². The van der Waals surface area contributed by atoms with Crippen LogP contribution in [0.25, 0.3) is 0 Å². The summed E-state index contributed by atoms with van der Waals surface area (Å²) in [5.74, 6) is 0. The largest absolute Gasteiger partial charge is 1.00 e. The summed E-state index contributed by atoms with van der Waals surface area (Å²) < 4.78 is 1.63. The summed E-state index contributed by atoms with van der Waals surface area (Å²) in [6, 6.07) is 8.68. The van der Waals surface area contributed by atoms with E-state index in [1.165, 1.54) is 11.1 Å². The second kappa shape index (κ2) is 19.0. The molecule has 0 aromatic heterocycles. The Labute approximate surface area is 421 Å². The van der Waals surface area contributed by atoms with E-state index < -0.39 is 56.5 Å². The summed E-state index contributed by atoms with van der Waals surface area (Å²) in [4.78, 5) is 0. The first-order valence-corrected chi connectivity index (χ1v) is 46.5. The molecule has 0 heterocycles. The molecular formula is C51H87Cl3Si7Ti. The predicted molar refractivity (Wildman–Crippen MR) is 290 cm³/mol. The number of hydrogen-bond acceptors (Lipinski definition) is 0. The third-order valence-electron chi connectivity index (χ3n) is 14.5. The molecule has 0 N–H and O–H groups in total. The van der Waals surface area contributed by atoms with E-state index >= 15 is 0 Å². The third kappa shape index (κ3) is 9.75. The van der Waals surface area contributed by atoms with Crippen LogP contribution >= 0.6 is 0 Å². The van der Waals surface area contributed by atoms with Gasteiger partial charge in [-0.15, -0.1) is 0 Å². The van der Waals surface area contributed by atoms with Crippen LogP contribution in [-0.4, -0.2) is 56.5 Å². The fraction of sp³-hybridized carbons (Fsp3) is 0.569. The summed E-state index contributed by atoms with van der Waals surface area (Å²) >= 11 is 2.58. The second-order valence-electron chi connectivity index (χ2n) is 25.5. The number of hydrogen-bond donors (Lipinski definition) is 0. The fourth-order valence-corrected chi connectivity index (χ4v) is 40.9. The topological polar surface area (TPSA) is 0 Å². The molecule has 0 aliphatic heterocycles. The molecule has 1 atom stereocenters. The molecule has 0 nitrogen and oxygen atoms in total. The first kappa shape index (κ1) is 60.3. The van der Waals surface area contributed by atoms with Gasteiger partial charge in [-0.2, -0.15) is 0 Å². The maximum Gasteiger partial charge on any atom is -1.00 e. The molecule has 3 aromatic carbocycles. The van der Waals surface area contributed by atoms with Gasteiger partial charge in [0.2, 0.25) is 0 Å². The zero-order valence-electron chi connectivity index (χ0n) is 44.9. The molecule has 1 aliphatic rings. The summed E-state index contributed by atoms with van der Waals surface area (Å²) in [7, 11) is -14.3. The van der Waals surface area contributed by atoms with Crippen molar-refractivity contribution < 1.29 is 57.7 Å². The second-order valence-corrected chi connectivity index (χ2v) is 60.4. The summed E-state index contributed by atoms with van der Waals surface area (Å²) in [6.45, 7) is 73.2. The van der Waals surface area contributed by atoms with Gasteiger partial charge >= 0.3 is 388 Å². The van der Waals surface area contributed by atoms with Crippen LogP contribution in [0.5, 0.6) is 0 Å². The number of halogens is 3. The minimum absolute atomic E-state index is 0. The standard InChI is InChI=1S/C51H87Si7.3ClH.Ti/c1-33-29-42(48(55(20,21)22)38(6)45(33)52(11,12)13)58(51(10)32-36(4)37(5)41(51)9,43-30-34(2)46(53(14,15)16)39(7)49(43)56(23,24)25)44-31-35(3)47(54(17,18)19)40(8)50(44)57(26,27)28;;;;/h29-31H,1-28H3;3*1H;/q;;;;+3/p-3. The molecule has 11 heteroatoms. The molecule has 0 saturated carbocycles. The quantitative estimate of drug-likeness (QED) is 0.212. The minimum atomic E-state index is -3.19. The molecule has 0 amide bonds. The SMILES string of the molecule is CC1=C(C)C(C)([Si](c2cc(C)c([Si](C)(C)C)c(C)c2[Si](C)(C)C)(c2cc(C)c([Si](C)(C)C)c(C)c2[Si](C)(C)C)c2cc(C)c([Si](C)(C)C)c(C)c2[Si](C)(C)C)[C]([Ti+3])=C1C.[Cl-].[Cl-].[Cl-]. The molecule has 3 aromatic rings. The van der Waals surface area contributed by atoms with Crippen molar-refractivity contribution in [2.24, 2.45) is 0 Å². The van der Waals surface area contributed by atoms with Crippen molar-refractivity contribution in [3.63, 3.8) is 0 Å². The van der Waals surface area contributed by atoms with Crippen molar-refractivity contribution in [1.29, 1.82) is 0 Å². The Balaban J connectivity index is 0.00000641. The molecule has 0 fully saturated rings. The average molecular weight is 1050 g/mol.